The first-order valence-electron chi connectivity index (χ1n) is 12.6. The Hall–Kier alpha value is -5.38. The molecule has 0 saturated carbocycles. The summed E-state index contributed by atoms with van der Waals surface area (Å²) in [6.45, 7) is 16.0. The molecule has 44 heavy (non-hydrogen) atoms. The molecule has 1 aromatic carbocycles. The van der Waals surface area contributed by atoms with Gasteiger partial charge < -0.3 is 42.6 Å². The van der Waals surface area contributed by atoms with E-state index >= 15 is 0 Å². The van der Waals surface area contributed by atoms with Crippen LogP contribution in [0.3, 0.4) is 0 Å². The standard InChI is InChI=1S/C28H30NO15/c1-6-12-36-24(30)22-20(42-26(31)37-13-7-2)21(43-27(32)38-14-8-3)23(44-28(33)39-15-9-4)25(41-22)40-19-11-10-17(5)16-18(19)29(34)35/h6-11,16,20-23,25H,1-5,12-15H2/t20-,21-,22-,23+,25+/m0/s1. The lowest BCUT2D eigenvalue weighted by Gasteiger charge is -2.42. The molecule has 16 nitrogen and oxygen atoms in total. The van der Waals surface area contributed by atoms with Crippen LogP contribution in [0.1, 0.15) is 5.56 Å². The number of esters is 1. The van der Waals surface area contributed by atoms with Gasteiger partial charge in [0.2, 0.25) is 12.4 Å². The van der Waals surface area contributed by atoms with Crippen LogP contribution in [0.15, 0.2) is 68.8 Å². The van der Waals surface area contributed by atoms with E-state index in [1.165, 1.54) is 30.4 Å². The molecule has 5 atom stereocenters. The highest BCUT2D eigenvalue weighted by molar-refractivity contribution is 5.77. The van der Waals surface area contributed by atoms with Gasteiger partial charge in [0, 0.05) is 6.07 Å². The van der Waals surface area contributed by atoms with Gasteiger partial charge in [0.1, 0.15) is 26.4 Å². The van der Waals surface area contributed by atoms with E-state index in [-0.39, 0.29) is 32.0 Å². The van der Waals surface area contributed by atoms with Crippen LogP contribution in [0, 0.1) is 17.0 Å². The van der Waals surface area contributed by atoms with Gasteiger partial charge in [-0.05, 0) is 18.6 Å². The molecule has 1 aliphatic rings. The first-order valence-corrected chi connectivity index (χ1v) is 12.6. The zero-order valence-corrected chi connectivity index (χ0v) is 23.4. The molecule has 0 aromatic heterocycles. The van der Waals surface area contributed by atoms with Gasteiger partial charge in [0.25, 0.3) is 0 Å². The molecular formula is C28H30NO15. The maximum atomic E-state index is 13.1. The molecule has 0 spiro atoms. The Morgan fingerprint density at radius 2 is 1.25 bits per heavy atom. The third-order valence-electron chi connectivity index (χ3n) is 5.19. The van der Waals surface area contributed by atoms with E-state index in [1.54, 1.807) is 0 Å². The third kappa shape index (κ3) is 10.2. The van der Waals surface area contributed by atoms with E-state index in [0.29, 0.717) is 0 Å². The molecule has 0 unspecified atom stereocenters. The van der Waals surface area contributed by atoms with Crippen molar-refractivity contribution in [2.24, 2.45) is 0 Å². The number of nitrogens with zero attached hydrogens (tertiary/aromatic N) is 1. The maximum Gasteiger partial charge on any atom is 0.509 e. The summed E-state index contributed by atoms with van der Waals surface area (Å²) in [6, 6.07) is 3.59. The van der Waals surface area contributed by atoms with Crippen molar-refractivity contribution in [1.29, 1.82) is 0 Å². The van der Waals surface area contributed by atoms with Gasteiger partial charge in [-0.2, -0.15) is 0 Å². The molecule has 1 heterocycles. The minimum atomic E-state index is -1.97. The van der Waals surface area contributed by atoms with Crippen molar-refractivity contribution >= 4 is 30.1 Å². The topological polar surface area (TPSA) is 194 Å². The van der Waals surface area contributed by atoms with E-state index in [9.17, 15) is 29.3 Å². The summed E-state index contributed by atoms with van der Waals surface area (Å²) >= 11 is 0. The van der Waals surface area contributed by atoms with Gasteiger partial charge in [0.15, 0.2) is 24.1 Å². The van der Waals surface area contributed by atoms with Crippen LogP contribution in [-0.4, -0.2) is 86.5 Å². The van der Waals surface area contributed by atoms with E-state index < -0.39 is 71.5 Å². The minimum Gasteiger partial charge on any atom is -0.459 e. The molecule has 1 fully saturated rings. The molecule has 1 saturated heterocycles. The third-order valence-corrected chi connectivity index (χ3v) is 5.19. The fourth-order valence-electron chi connectivity index (χ4n) is 3.45. The average molecular weight is 621 g/mol. The molecule has 0 aliphatic carbocycles. The summed E-state index contributed by atoms with van der Waals surface area (Å²) in [4.78, 5) is 61.7. The second kappa shape index (κ2) is 17.5. The van der Waals surface area contributed by atoms with Crippen molar-refractivity contribution in [3.05, 3.63) is 91.4 Å². The molecule has 1 radical (unpaired) electrons. The number of rotatable bonds is 15. The van der Waals surface area contributed by atoms with E-state index in [2.05, 4.69) is 33.2 Å². The summed E-state index contributed by atoms with van der Waals surface area (Å²) < 4.78 is 46.9. The zero-order chi connectivity index (χ0) is 32.6. The zero-order valence-electron chi connectivity index (χ0n) is 23.4. The Morgan fingerprint density at radius 3 is 1.75 bits per heavy atom. The monoisotopic (exact) mass is 620 g/mol. The van der Waals surface area contributed by atoms with E-state index in [1.807, 2.05) is 0 Å². The van der Waals surface area contributed by atoms with Crippen LogP contribution >= 0.6 is 0 Å². The van der Waals surface area contributed by atoms with Crippen LogP contribution in [0.4, 0.5) is 20.1 Å². The van der Waals surface area contributed by atoms with Crippen molar-refractivity contribution in [3.63, 3.8) is 0 Å². The number of nitro benzene ring substituents is 1. The van der Waals surface area contributed by atoms with Gasteiger partial charge in [0.05, 0.1) is 4.92 Å². The first kappa shape index (κ1) is 34.8. The fraction of sp³-hybridized carbons (Fsp3) is 0.321. The molecule has 2 rings (SSSR count). The Kier molecular flexibility index (Phi) is 13.9. The first-order chi connectivity index (χ1) is 21.1. The molecular weight excluding hydrogens is 590 g/mol. The molecule has 0 amide bonds. The minimum absolute atomic E-state index is 0.248. The van der Waals surface area contributed by atoms with Crippen molar-refractivity contribution in [3.8, 4) is 5.75 Å². The van der Waals surface area contributed by atoms with Crippen LogP contribution in [0.5, 0.6) is 5.75 Å². The van der Waals surface area contributed by atoms with Crippen LogP contribution in [-0.2, 0) is 42.7 Å². The lowest BCUT2D eigenvalue weighted by atomic mass is 9.98. The summed E-state index contributed by atoms with van der Waals surface area (Å²) in [5.41, 5.74) is -0.341. The highest BCUT2D eigenvalue weighted by Crippen LogP contribution is 2.35. The number of hydrogen-bond donors (Lipinski definition) is 0. The van der Waals surface area contributed by atoms with Gasteiger partial charge in [-0.15, -0.1) is 0 Å². The van der Waals surface area contributed by atoms with E-state index in [0.717, 1.165) is 12.1 Å². The summed E-state index contributed by atoms with van der Waals surface area (Å²) in [6.07, 6.45) is -9.12. The predicted molar refractivity (Wildman–Crippen MR) is 147 cm³/mol. The second-order valence-corrected chi connectivity index (χ2v) is 8.32. The molecule has 1 aliphatic heterocycles. The van der Waals surface area contributed by atoms with Gasteiger partial charge in [-0.25, -0.2) is 19.2 Å². The number of carbonyl (C=O) groups excluding carboxylic acids is 4. The smallest absolute Gasteiger partial charge is 0.459 e. The lowest BCUT2D eigenvalue weighted by Crippen LogP contribution is -2.64. The molecule has 16 heteroatoms. The molecule has 0 bridgehead atoms. The average Bonchev–Trinajstić information content (AvgIpc) is 2.99. The van der Waals surface area contributed by atoms with Gasteiger partial charge in [-0.3, -0.25) is 10.1 Å². The molecule has 0 N–H and O–H groups in total. The summed E-state index contributed by atoms with van der Waals surface area (Å²) in [7, 11) is 0. The lowest BCUT2D eigenvalue weighted by molar-refractivity contribution is -0.387. The highest BCUT2D eigenvalue weighted by Gasteiger charge is 2.57. The number of ether oxygens (including phenoxy) is 9. The van der Waals surface area contributed by atoms with Gasteiger partial charge in [-0.1, -0.05) is 56.7 Å². The van der Waals surface area contributed by atoms with Crippen molar-refractivity contribution in [2.75, 3.05) is 26.4 Å². The Balaban J connectivity index is 2.69. The van der Waals surface area contributed by atoms with Gasteiger partial charge >= 0.3 is 30.1 Å². The second-order valence-electron chi connectivity index (χ2n) is 8.32. The van der Waals surface area contributed by atoms with Crippen LogP contribution < -0.4 is 4.74 Å². The van der Waals surface area contributed by atoms with Crippen LogP contribution in [0.25, 0.3) is 0 Å². The normalized spacial score (nSPS) is 20.4. The number of hydrogen-bond acceptors (Lipinski definition) is 15. The quantitative estimate of drug-likeness (QED) is 0.0904. The molecule has 237 valence electrons. The number of nitro groups is 1. The summed E-state index contributed by atoms with van der Waals surface area (Å²) in [5, 5.41) is 11.7. The Bertz CT molecular complexity index is 1250. The number of benzene rings is 1. The summed E-state index contributed by atoms with van der Waals surface area (Å²) in [5.74, 6) is -1.63. The largest absolute Gasteiger partial charge is 0.509 e. The Morgan fingerprint density at radius 1 is 0.773 bits per heavy atom. The maximum absolute atomic E-state index is 13.1. The van der Waals surface area contributed by atoms with E-state index in [4.69, 9.17) is 42.6 Å². The van der Waals surface area contributed by atoms with Crippen molar-refractivity contribution < 1.29 is 66.7 Å². The molecule has 1 aromatic rings. The van der Waals surface area contributed by atoms with Crippen molar-refractivity contribution in [1.82, 2.24) is 0 Å². The van der Waals surface area contributed by atoms with Crippen molar-refractivity contribution in [2.45, 2.75) is 30.7 Å². The number of carbonyl (C=O) groups is 4. The van der Waals surface area contributed by atoms with Crippen LogP contribution in [0.2, 0.25) is 0 Å². The Labute approximate surface area is 251 Å². The SMILES string of the molecule is [CH2]c1ccc(O[C@@H]2O[C@H](C(=O)OCC=C)[C@@H](OC(=O)OCC=C)[C@H](OC(=O)OCC=C)[C@H]2OC(=O)OCC=C)c([N+](=O)[O-])c1. The highest BCUT2D eigenvalue weighted by atomic mass is 16.8. The predicted octanol–water partition coefficient (Wildman–Crippen LogP) is 3.73. The fourth-order valence-corrected chi connectivity index (χ4v) is 3.45.